The van der Waals surface area contributed by atoms with Gasteiger partial charge in [0.15, 0.2) is 5.78 Å². The normalized spacial score (nSPS) is 31.2. The Morgan fingerprint density at radius 1 is 0.816 bits per heavy atom. The molecular formula is C36H60N6O7. The minimum atomic E-state index is -0.956. The van der Waals surface area contributed by atoms with Crippen LogP contribution in [0.15, 0.2) is 0 Å². The third-order valence-corrected chi connectivity index (χ3v) is 12.0. The van der Waals surface area contributed by atoms with E-state index < -0.39 is 47.7 Å². The number of unbranched alkanes of at least 4 members (excludes halogenated alkanes) is 1. The Balaban J connectivity index is 1.30. The Morgan fingerprint density at radius 2 is 1.43 bits per heavy atom. The summed E-state index contributed by atoms with van der Waals surface area (Å²) in [6, 6.07) is -2.37. The van der Waals surface area contributed by atoms with Crippen molar-refractivity contribution < 1.29 is 34.2 Å². The molecule has 4 aliphatic heterocycles. The van der Waals surface area contributed by atoms with E-state index >= 15 is 0 Å². The monoisotopic (exact) mass is 688 g/mol. The minimum absolute atomic E-state index is 0.0317. The maximum absolute atomic E-state index is 14.5. The lowest BCUT2D eigenvalue weighted by molar-refractivity contribution is -0.147. The smallest absolute Gasteiger partial charge is 0.243 e. The number of likely N-dealkylation sites (tertiary alicyclic amines) is 4. The Morgan fingerprint density at radius 3 is 2.04 bits per heavy atom. The number of amides is 4. The number of carbonyl (C=O) groups excluding carboxylic acids is 5. The number of nitrogens with one attached hydrogen (secondary N) is 1. The number of hydrogen-bond acceptors (Lipinski definition) is 9. The van der Waals surface area contributed by atoms with Crippen LogP contribution in [0, 0.1) is 5.92 Å². The van der Waals surface area contributed by atoms with Crippen molar-refractivity contribution >= 4 is 29.4 Å². The minimum Gasteiger partial charge on any atom is -0.391 e. The van der Waals surface area contributed by atoms with Gasteiger partial charge in [-0.05, 0) is 70.3 Å². The van der Waals surface area contributed by atoms with E-state index in [-0.39, 0.29) is 62.0 Å². The largest absolute Gasteiger partial charge is 0.391 e. The van der Waals surface area contributed by atoms with Crippen LogP contribution in [0.2, 0.25) is 0 Å². The Bertz CT molecular complexity index is 1230. The molecule has 5 N–H and O–H groups in total. The first kappa shape index (κ1) is 37.6. The van der Waals surface area contributed by atoms with Crippen LogP contribution < -0.4 is 11.1 Å². The molecule has 2 unspecified atom stereocenters. The van der Waals surface area contributed by atoms with Gasteiger partial charge in [0.25, 0.3) is 0 Å². The summed E-state index contributed by atoms with van der Waals surface area (Å²) in [5.41, 5.74) is 4.65. The average Bonchev–Trinajstić information content (AvgIpc) is 3.43. The van der Waals surface area contributed by atoms with Gasteiger partial charge in [-0.1, -0.05) is 40.0 Å². The van der Waals surface area contributed by atoms with Gasteiger partial charge in [0.05, 0.1) is 36.4 Å². The molecule has 0 aromatic heterocycles. The second-order valence-electron chi connectivity index (χ2n) is 15.2. The molecule has 4 amide bonds. The summed E-state index contributed by atoms with van der Waals surface area (Å²) in [6.07, 6.45) is 8.55. The van der Waals surface area contributed by atoms with Crippen LogP contribution in [0.3, 0.4) is 0 Å². The van der Waals surface area contributed by atoms with Crippen LogP contribution in [-0.2, 0) is 24.0 Å². The van der Waals surface area contributed by atoms with Crippen molar-refractivity contribution in [1.82, 2.24) is 24.9 Å². The molecule has 0 bridgehead atoms. The number of primary amides is 1. The van der Waals surface area contributed by atoms with Crippen molar-refractivity contribution in [2.75, 3.05) is 32.7 Å². The average molecular weight is 689 g/mol. The summed E-state index contributed by atoms with van der Waals surface area (Å²) in [5.74, 6) is -1.61. The van der Waals surface area contributed by atoms with E-state index in [4.69, 9.17) is 5.73 Å². The van der Waals surface area contributed by atoms with E-state index in [2.05, 4.69) is 24.1 Å². The molecule has 0 radical (unpaired) electrons. The lowest BCUT2D eigenvalue weighted by atomic mass is 9.80. The number of nitrogens with two attached hydrogens (primary N) is 1. The predicted octanol–water partition coefficient (Wildman–Crippen LogP) is 0.927. The van der Waals surface area contributed by atoms with E-state index in [1.807, 2.05) is 11.8 Å². The molecule has 8 atom stereocenters. The zero-order valence-electron chi connectivity index (χ0n) is 29.9. The maximum Gasteiger partial charge on any atom is 0.243 e. The topological polar surface area (TPSA) is 177 Å². The first-order valence-corrected chi connectivity index (χ1v) is 19.1. The molecule has 0 aromatic rings. The highest BCUT2D eigenvalue weighted by molar-refractivity contribution is 5.97. The molecule has 13 heteroatoms. The van der Waals surface area contributed by atoms with Crippen LogP contribution in [0.5, 0.6) is 0 Å². The summed E-state index contributed by atoms with van der Waals surface area (Å²) in [5, 5.41) is 23.8. The van der Waals surface area contributed by atoms with E-state index in [0.717, 1.165) is 57.9 Å². The number of ketones is 1. The highest BCUT2D eigenvalue weighted by Gasteiger charge is 2.58. The van der Waals surface area contributed by atoms with Crippen molar-refractivity contribution in [3.8, 4) is 0 Å². The maximum atomic E-state index is 14.5. The Labute approximate surface area is 291 Å². The fourth-order valence-corrected chi connectivity index (χ4v) is 9.54. The summed E-state index contributed by atoms with van der Waals surface area (Å²) < 4.78 is 0. The molecule has 1 aliphatic carbocycles. The first-order valence-electron chi connectivity index (χ1n) is 19.1. The molecule has 0 spiro atoms. The number of rotatable bonds is 16. The van der Waals surface area contributed by atoms with E-state index in [0.29, 0.717) is 38.3 Å². The van der Waals surface area contributed by atoms with E-state index in [9.17, 15) is 34.2 Å². The van der Waals surface area contributed by atoms with Crippen molar-refractivity contribution in [3.05, 3.63) is 0 Å². The summed E-state index contributed by atoms with van der Waals surface area (Å²) in [7, 11) is 0. The third-order valence-electron chi connectivity index (χ3n) is 12.0. The number of aliphatic hydroxyl groups excluding tert-OH is 2. The van der Waals surface area contributed by atoms with Gasteiger partial charge < -0.3 is 31.1 Å². The fraction of sp³-hybridized carbons (Fsp3) is 0.861. The number of Topliss-reactive ketones (excluding diaryl/α,β-unsaturated/α-hetero) is 1. The van der Waals surface area contributed by atoms with Gasteiger partial charge in [0.1, 0.15) is 12.1 Å². The van der Waals surface area contributed by atoms with Gasteiger partial charge in [-0.25, -0.2) is 0 Å². The zero-order chi connectivity index (χ0) is 35.5. The fourth-order valence-electron chi connectivity index (χ4n) is 9.54. The van der Waals surface area contributed by atoms with Crippen LogP contribution in [0.4, 0.5) is 0 Å². The molecule has 1 saturated carbocycles. The highest BCUT2D eigenvalue weighted by Crippen LogP contribution is 2.49. The van der Waals surface area contributed by atoms with Crippen LogP contribution >= 0.6 is 0 Å². The van der Waals surface area contributed by atoms with Crippen molar-refractivity contribution in [2.24, 2.45) is 11.7 Å². The van der Waals surface area contributed by atoms with Gasteiger partial charge in [0.2, 0.25) is 23.6 Å². The molecule has 13 nitrogen and oxygen atoms in total. The molecule has 5 aliphatic rings. The second-order valence-corrected chi connectivity index (χ2v) is 15.2. The second kappa shape index (κ2) is 16.2. The van der Waals surface area contributed by atoms with Crippen molar-refractivity contribution in [1.29, 1.82) is 0 Å². The van der Waals surface area contributed by atoms with Crippen LogP contribution in [0.1, 0.15) is 111 Å². The summed E-state index contributed by atoms with van der Waals surface area (Å²) >= 11 is 0. The first-order chi connectivity index (χ1) is 23.5. The number of hydrogen-bond donors (Lipinski definition) is 4. The zero-order valence-corrected chi connectivity index (χ0v) is 29.9. The Kier molecular flexibility index (Phi) is 12.4. The molecule has 4 saturated heterocycles. The van der Waals surface area contributed by atoms with Crippen molar-refractivity contribution in [2.45, 2.75) is 159 Å². The molecule has 4 heterocycles. The quantitative estimate of drug-likeness (QED) is 0.184. The van der Waals surface area contributed by atoms with Gasteiger partial charge in [-0.2, -0.15) is 0 Å². The number of β-amino-alcohol motifs (C(OH)–C–C–N with tert-alkyl or cyclic N) is 2. The SMILES string of the molecule is CCCCC(CC)N1CCC[C@@H]1C(=O)N1C[C@H](O)C[C@H]1C(=O)NCC(=O)C(CCC)(C1CC1)N1CCC[C@@H]1C(=O)N1C[C@H](O)C[C@H]1C(N)=O. The number of nitrogens with zero attached hydrogens (tertiary/aromatic N) is 4. The van der Waals surface area contributed by atoms with Gasteiger partial charge in [0, 0.05) is 38.5 Å². The summed E-state index contributed by atoms with van der Waals surface area (Å²) in [6.45, 7) is 7.61. The van der Waals surface area contributed by atoms with E-state index in [1.165, 1.54) is 9.80 Å². The molecule has 0 aromatic carbocycles. The highest BCUT2D eigenvalue weighted by atomic mass is 16.3. The lowest BCUT2D eigenvalue weighted by Gasteiger charge is -2.45. The van der Waals surface area contributed by atoms with E-state index in [1.54, 1.807) is 0 Å². The third kappa shape index (κ3) is 7.69. The predicted molar refractivity (Wildman–Crippen MR) is 183 cm³/mol. The molecular weight excluding hydrogens is 628 g/mol. The molecule has 276 valence electrons. The number of aliphatic hydroxyl groups is 2. The molecule has 5 fully saturated rings. The standard InChI is InChI=1S/C36H60N6O7/c1-4-7-10-24(6-3)39-16-8-11-27(39)34(48)41-22-26(44)19-30(41)33(47)38-20-31(45)36(15-5-2,23-13-14-23)42-17-9-12-28(42)35(49)40-21-25(43)18-29(40)32(37)46/h23-30,43-44H,4-22H2,1-3H3,(H2,37,46)(H,38,47)/t24?,25-,26-,27-,28-,29+,30+,36?/m1/s1. The van der Waals surface area contributed by atoms with Gasteiger partial charge in [-0.15, -0.1) is 0 Å². The van der Waals surface area contributed by atoms with Crippen molar-refractivity contribution in [3.63, 3.8) is 0 Å². The van der Waals surface area contributed by atoms with Crippen LogP contribution in [-0.4, -0.2) is 140 Å². The molecule has 49 heavy (non-hydrogen) atoms. The lowest BCUT2D eigenvalue weighted by Crippen LogP contribution is -2.64. The van der Waals surface area contributed by atoms with Gasteiger partial charge >= 0.3 is 0 Å². The Hall–Kier alpha value is -2.61. The van der Waals surface area contributed by atoms with Gasteiger partial charge in [-0.3, -0.25) is 33.8 Å². The number of carbonyl (C=O) groups is 5. The molecule has 5 rings (SSSR count). The summed E-state index contributed by atoms with van der Waals surface area (Å²) in [4.78, 5) is 75.6. The van der Waals surface area contributed by atoms with Crippen LogP contribution in [0.25, 0.3) is 0 Å².